The van der Waals surface area contributed by atoms with Gasteiger partial charge in [0.25, 0.3) is 0 Å². The molecule has 3 heteroatoms. The van der Waals surface area contributed by atoms with E-state index < -0.39 is 0 Å². The normalized spacial score (nSPS) is 14.6. The first-order valence-corrected chi connectivity index (χ1v) is 7.16. The molecule has 0 heterocycles. The van der Waals surface area contributed by atoms with Gasteiger partial charge < -0.3 is 0 Å². The van der Waals surface area contributed by atoms with Crippen molar-refractivity contribution in [1.29, 1.82) is 0 Å². The van der Waals surface area contributed by atoms with Crippen LogP contribution in [0.15, 0.2) is 28.7 Å². The summed E-state index contributed by atoms with van der Waals surface area (Å²) in [6.45, 7) is 4.53. The summed E-state index contributed by atoms with van der Waals surface area (Å²) in [6, 6.07) is 8.70. The quantitative estimate of drug-likeness (QED) is 0.596. The number of nitrogens with one attached hydrogen (secondary N) is 1. The molecule has 0 amide bonds. The summed E-state index contributed by atoms with van der Waals surface area (Å²) >= 11 is 3.58. The van der Waals surface area contributed by atoms with E-state index in [2.05, 4.69) is 53.4 Å². The molecular formula is C14H23BrN2. The number of nitrogens with two attached hydrogens (primary N) is 1. The van der Waals surface area contributed by atoms with E-state index in [1.807, 2.05) is 6.07 Å². The van der Waals surface area contributed by atoms with Gasteiger partial charge in [-0.1, -0.05) is 60.8 Å². The molecule has 0 aliphatic rings. The predicted octanol–water partition coefficient (Wildman–Crippen LogP) is 3.65. The van der Waals surface area contributed by atoms with E-state index in [4.69, 9.17) is 5.84 Å². The highest BCUT2D eigenvalue weighted by atomic mass is 79.9. The summed E-state index contributed by atoms with van der Waals surface area (Å²) in [5.41, 5.74) is 4.26. The molecule has 1 rings (SSSR count). The zero-order valence-corrected chi connectivity index (χ0v) is 12.3. The van der Waals surface area contributed by atoms with Crippen molar-refractivity contribution < 1.29 is 0 Å². The van der Waals surface area contributed by atoms with E-state index in [0.29, 0.717) is 6.04 Å². The van der Waals surface area contributed by atoms with Crippen LogP contribution in [0, 0.1) is 5.92 Å². The van der Waals surface area contributed by atoms with Gasteiger partial charge in [0.15, 0.2) is 0 Å². The fourth-order valence-electron chi connectivity index (χ4n) is 2.24. The molecule has 0 radical (unpaired) electrons. The second-order valence-electron chi connectivity index (χ2n) is 4.79. The molecule has 0 aromatic heterocycles. The third-order valence-corrected chi connectivity index (χ3v) is 3.90. The van der Waals surface area contributed by atoms with Crippen LogP contribution in [-0.4, -0.2) is 6.04 Å². The Morgan fingerprint density at radius 1 is 1.35 bits per heavy atom. The molecular weight excluding hydrogens is 276 g/mol. The van der Waals surface area contributed by atoms with Crippen LogP contribution in [0.4, 0.5) is 0 Å². The van der Waals surface area contributed by atoms with Crippen LogP contribution in [0.2, 0.25) is 0 Å². The van der Waals surface area contributed by atoms with Gasteiger partial charge in [-0.3, -0.25) is 11.3 Å². The molecule has 0 saturated heterocycles. The molecule has 1 aromatic rings. The first kappa shape index (κ1) is 14.7. The first-order valence-electron chi connectivity index (χ1n) is 6.36. The lowest BCUT2D eigenvalue weighted by Crippen LogP contribution is -2.38. The lowest BCUT2D eigenvalue weighted by molar-refractivity contribution is 0.384. The fraction of sp³-hybridized carbons (Fsp3) is 0.571. The lowest BCUT2D eigenvalue weighted by atomic mass is 9.94. The molecule has 17 heavy (non-hydrogen) atoms. The minimum Gasteiger partial charge on any atom is -0.271 e. The average molecular weight is 299 g/mol. The van der Waals surface area contributed by atoms with Crippen LogP contribution >= 0.6 is 15.9 Å². The van der Waals surface area contributed by atoms with Crippen LogP contribution in [0.1, 0.15) is 38.7 Å². The smallest absolute Gasteiger partial charge is 0.0253 e. The van der Waals surface area contributed by atoms with Crippen molar-refractivity contribution in [3.8, 4) is 0 Å². The first-order chi connectivity index (χ1) is 8.17. The average Bonchev–Trinajstić information content (AvgIpc) is 2.31. The monoisotopic (exact) mass is 298 g/mol. The van der Waals surface area contributed by atoms with Crippen molar-refractivity contribution in [3.63, 3.8) is 0 Å². The Balaban J connectivity index is 2.55. The van der Waals surface area contributed by atoms with Crippen LogP contribution in [-0.2, 0) is 6.42 Å². The number of halogens is 1. The van der Waals surface area contributed by atoms with Gasteiger partial charge in [0.1, 0.15) is 0 Å². The Hall–Kier alpha value is -0.380. The van der Waals surface area contributed by atoms with E-state index in [1.165, 1.54) is 22.9 Å². The lowest BCUT2D eigenvalue weighted by Gasteiger charge is -2.20. The number of rotatable bonds is 7. The van der Waals surface area contributed by atoms with Crippen LogP contribution < -0.4 is 11.3 Å². The largest absolute Gasteiger partial charge is 0.271 e. The molecule has 2 unspecified atom stereocenters. The maximum absolute atomic E-state index is 5.65. The maximum atomic E-state index is 5.65. The summed E-state index contributed by atoms with van der Waals surface area (Å²) in [5, 5.41) is 0. The second-order valence-corrected chi connectivity index (χ2v) is 5.64. The Morgan fingerprint density at radius 2 is 2.06 bits per heavy atom. The second kappa shape index (κ2) is 7.85. The highest BCUT2D eigenvalue weighted by molar-refractivity contribution is 9.10. The molecule has 0 fully saturated rings. The molecule has 0 bridgehead atoms. The molecule has 0 spiro atoms. The van der Waals surface area contributed by atoms with Crippen molar-refractivity contribution in [3.05, 3.63) is 34.3 Å². The molecule has 0 aliphatic carbocycles. The number of hydrogen-bond acceptors (Lipinski definition) is 2. The number of hydrazine groups is 1. The SMILES string of the molecule is CCCC(C)CC(Cc1ccccc1Br)NN. The molecule has 3 N–H and O–H groups in total. The van der Waals surface area contributed by atoms with Gasteiger partial charge in [-0.05, 0) is 30.4 Å². The molecule has 96 valence electrons. The third kappa shape index (κ3) is 5.19. The van der Waals surface area contributed by atoms with E-state index in [9.17, 15) is 0 Å². The van der Waals surface area contributed by atoms with Gasteiger partial charge >= 0.3 is 0 Å². The summed E-state index contributed by atoms with van der Waals surface area (Å²) < 4.78 is 1.17. The van der Waals surface area contributed by atoms with E-state index in [1.54, 1.807) is 0 Å². The van der Waals surface area contributed by atoms with Crippen molar-refractivity contribution in [1.82, 2.24) is 5.43 Å². The molecule has 2 atom stereocenters. The Kier molecular flexibility index (Phi) is 6.78. The molecule has 0 saturated carbocycles. The van der Waals surface area contributed by atoms with Crippen LogP contribution in [0.5, 0.6) is 0 Å². The van der Waals surface area contributed by atoms with E-state index in [0.717, 1.165) is 18.8 Å². The fourth-order valence-corrected chi connectivity index (χ4v) is 2.68. The molecule has 0 aliphatic heterocycles. The number of benzene rings is 1. The third-order valence-electron chi connectivity index (χ3n) is 3.13. The number of hydrogen-bond donors (Lipinski definition) is 2. The van der Waals surface area contributed by atoms with Gasteiger partial charge in [-0.25, -0.2) is 0 Å². The van der Waals surface area contributed by atoms with Gasteiger partial charge in [-0.15, -0.1) is 0 Å². The molecule has 1 aromatic carbocycles. The summed E-state index contributed by atoms with van der Waals surface area (Å²) in [5.74, 6) is 6.38. The minimum atomic E-state index is 0.357. The summed E-state index contributed by atoms with van der Waals surface area (Å²) in [4.78, 5) is 0. The summed E-state index contributed by atoms with van der Waals surface area (Å²) in [6.07, 6.45) is 4.62. The van der Waals surface area contributed by atoms with Crippen molar-refractivity contribution in [2.24, 2.45) is 11.8 Å². The Labute approximate surface area is 113 Å². The zero-order chi connectivity index (χ0) is 12.7. The Bertz CT molecular complexity index is 328. The van der Waals surface area contributed by atoms with Crippen molar-refractivity contribution in [2.75, 3.05) is 0 Å². The van der Waals surface area contributed by atoms with Crippen LogP contribution in [0.3, 0.4) is 0 Å². The van der Waals surface area contributed by atoms with Crippen molar-refractivity contribution >= 4 is 15.9 Å². The highest BCUT2D eigenvalue weighted by Gasteiger charge is 2.13. The van der Waals surface area contributed by atoms with Crippen LogP contribution in [0.25, 0.3) is 0 Å². The van der Waals surface area contributed by atoms with Gasteiger partial charge in [-0.2, -0.15) is 0 Å². The van der Waals surface area contributed by atoms with E-state index in [-0.39, 0.29) is 0 Å². The van der Waals surface area contributed by atoms with Gasteiger partial charge in [0.2, 0.25) is 0 Å². The summed E-state index contributed by atoms with van der Waals surface area (Å²) in [7, 11) is 0. The Morgan fingerprint density at radius 3 is 2.65 bits per heavy atom. The van der Waals surface area contributed by atoms with Gasteiger partial charge in [0, 0.05) is 10.5 Å². The topological polar surface area (TPSA) is 38.0 Å². The highest BCUT2D eigenvalue weighted by Crippen LogP contribution is 2.20. The standard InChI is InChI=1S/C14H23BrN2/c1-3-6-11(2)9-13(17-16)10-12-7-4-5-8-14(12)15/h4-5,7-8,11,13,17H,3,6,9-10,16H2,1-2H3. The van der Waals surface area contributed by atoms with E-state index >= 15 is 0 Å². The minimum absolute atomic E-state index is 0.357. The maximum Gasteiger partial charge on any atom is 0.0253 e. The van der Waals surface area contributed by atoms with Crippen molar-refractivity contribution in [2.45, 2.75) is 45.6 Å². The molecule has 2 nitrogen and oxygen atoms in total. The predicted molar refractivity (Wildman–Crippen MR) is 77.6 cm³/mol. The van der Waals surface area contributed by atoms with Gasteiger partial charge in [0.05, 0.1) is 0 Å². The zero-order valence-electron chi connectivity index (χ0n) is 10.7.